The van der Waals surface area contributed by atoms with Gasteiger partial charge in [-0.25, -0.2) is 0 Å². The first-order valence-electron chi connectivity index (χ1n) is 9.73. The summed E-state index contributed by atoms with van der Waals surface area (Å²) in [5, 5.41) is 3.28. The van der Waals surface area contributed by atoms with Gasteiger partial charge in [0.2, 0.25) is 0 Å². The third kappa shape index (κ3) is 17.9. The van der Waals surface area contributed by atoms with Gasteiger partial charge in [0.1, 0.15) is 0 Å². The van der Waals surface area contributed by atoms with Crippen LogP contribution in [0.5, 0.6) is 0 Å². The molecule has 0 saturated carbocycles. The van der Waals surface area contributed by atoms with E-state index in [-0.39, 0.29) is 6.17 Å². The lowest BCUT2D eigenvalue weighted by Gasteiger charge is -2.11. The molecule has 0 aliphatic heterocycles. The van der Waals surface area contributed by atoms with Crippen LogP contribution in [0.1, 0.15) is 91.4 Å². The average Bonchev–Trinajstić information content (AvgIpc) is 2.50. The molecule has 0 aliphatic carbocycles. The minimum absolute atomic E-state index is 0.144. The topological polar surface area (TPSA) is 47.3 Å². The van der Waals surface area contributed by atoms with Crippen molar-refractivity contribution in [1.29, 1.82) is 0 Å². The molecule has 0 aliphatic rings. The molecule has 3 nitrogen and oxygen atoms in total. The van der Waals surface area contributed by atoms with Crippen molar-refractivity contribution in [2.75, 3.05) is 19.8 Å². The first kappa shape index (κ1) is 21.9. The molecule has 0 aromatic heterocycles. The minimum atomic E-state index is 0.144. The molecule has 3 heteroatoms. The Labute approximate surface area is 139 Å². The zero-order chi connectivity index (χ0) is 16.5. The van der Waals surface area contributed by atoms with Crippen LogP contribution in [0.2, 0.25) is 0 Å². The van der Waals surface area contributed by atoms with Crippen LogP contribution in [0, 0.1) is 5.92 Å². The predicted molar refractivity (Wildman–Crippen MR) is 98.1 cm³/mol. The summed E-state index contributed by atoms with van der Waals surface area (Å²) in [7, 11) is 0. The normalized spacial score (nSPS) is 13.0. The van der Waals surface area contributed by atoms with Crippen molar-refractivity contribution >= 4 is 0 Å². The maximum Gasteiger partial charge on any atom is 0.0543 e. The number of nitrogens with two attached hydrogens (primary N) is 1. The molecule has 0 spiro atoms. The summed E-state index contributed by atoms with van der Waals surface area (Å²) in [6, 6.07) is 0. The zero-order valence-corrected chi connectivity index (χ0v) is 15.5. The Morgan fingerprint density at radius 1 is 0.818 bits per heavy atom. The highest BCUT2D eigenvalue weighted by Crippen LogP contribution is 2.12. The van der Waals surface area contributed by atoms with Crippen LogP contribution in [0.15, 0.2) is 0 Å². The molecule has 3 N–H and O–H groups in total. The second kappa shape index (κ2) is 17.2. The average molecular weight is 315 g/mol. The first-order valence-corrected chi connectivity index (χ1v) is 9.73. The molecule has 0 radical (unpaired) electrons. The SMILES string of the molecule is CCC(N)NCCCOCCCCCCCCCCC(C)C. The number of hydrogen-bond donors (Lipinski definition) is 2. The fourth-order valence-corrected chi connectivity index (χ4v) is 2.53. The van der Waals surface area contributed by atoms with Gasteiger partial charge in [-0.15, -0.1) is 0 Å². The van der Waals surface area contributed by atoms with E-state index < -0.39 is 0 Å². The van der Waals surface area contributed by atoms with Crippen molar-refractivity contribution < 1.29 is 4.74 Å². The number of unbranched alkanes of at least 4 members (excludes halogenated alkanes) is 7. The molecule has 0 amide bonds. The molecule has 0 heterocycles. The largest absolute Gasteiger partial charge is 0.381 e. The summed E-state index contributed by atoms with van der Waals surface area (Å²) in [6.45, 7) is 9.48. The quantitative estimate of drug-likeness (QED) is 0.298. The molecular formula is C19H42N2O. The van der Waals surface area contributed by atoms with Crippen LogP contribution in [0.3, 0.4) is 0 Å². The Hall–Kier alpha value is -0.120. The zero-order valence-electron chi connectivity index (χ0n) is 15.5. The van der Waals surface area contributed by atoms with E-state index >= 15 is 0 Å². The maximum atomic E-state index is 5.78. The van der Waals surface area contributed by atoms with Crippen molar-refractivity contribution in [3.8, 4) is 0 Å². The van der Waals surface area contributed by atoms with Crippen molar-refractivity contribution in [3.63, 3.8) is 0 Å². The third-order valence-electron chi connectivity index (χ3n) is 4.13. The van der Waals surface area contributed by atoms with Gasteiger partial charge in [0.05, 0.1) is 6.17 Å². The van der Waals surface area contributed by atoms with Crippen molar-refractivity contribution in [2.45, 2.75) is 97.6 Å². The van der Waals surface area contributed by atoms with Crippen LogP contribution in [-0.4, -0.2) is 25.9 Å². The predicted octanol–water partition coefficient (Wildman–Crippen LogP) is 4.84. The molecule has 22 heavy (non-hydrogen) atoms. The van der Waals surface area contributed by atoms with E-state index in [1.807, 2.05) is 0 Å². The summed E-state index contributed by atoms with van der Waals surface area (Å²) < 4.78 is 5.65. The molecule has 1 unspecified atom stereocenters. The van der Waals surface area contributed by atoms with Crippen LogP contribution >= 0.6 is 0 Å². The van der Waals surface area contributed by atoms with Gasteiger partial charge in [0.25, 0.3) is 0 Å². The lowest BCUT2D eigenvalue weighted by Crippen LogP contribution is -2.37. The fourth-order valence-electron chi connectivity index (χ4n) is 2.53. The molecule has 0 bridgehead atoms. The van der Waals surface area contributed by atoms with Gasteiger partial charge >= 0.3 is 0 Å². The van der Waals surface area contributed by atoms with E-state index in [9.17, 15) is 0 Å². The second-order valence-electron chi connectivity index (χ2n) is 6.95. The summed E-state index contributed by atoms with van der Waals surface area (Å²) >= 11 is 0. The van der Waals surface area contributed by atoms with Crippen molar-refractivity contribution in [2.24, 2.45) is 11.7 Å². The Morgan fingerprint density at radius 3 is 1.95 bits per heavy atom. The molecule has 0 saturated heterocycles. The van der Waals surface area contributed by atoms with E-state index in [4.69, 9.17) is 10.5 Å². The highest BCUT2D eigenvalue weighted by atomic mass is 16.5. The molecule has 0 aromatic carbocycles. The highest BCUT2D eigenvalue weighted by Gasteiger charge is 1.97. The molecule has 0 rings (SSSR count). The minimum Gasteiger partial charge on any atom is -0.381 e. The van der Waals surface area contributed by atoms with Crippen LogP contribution in [0.25, 0.3) is 0 Å². The number of ether oxygens (including phenoxy) is 1. The summed E-state index contributed by atoms with van der Waals surface area (Å²) in [5.74, 6) is 0.874. The fraction of sp³-hybridized carbons (Fsp3) is 1.00. The van der Waals surface area contributed by atoms with Crippen LogP contribution in [-0.2, 0) is 4.74 Å². The molecule has 0 fully saturated rings. The van der Waals surface area contributed by atoms with Gasteiger partial charge in [-0.3, -0.25) is 0 Å². The smallest absolute Gasteiger partial charge is 0.0543 e. The van der Waals surface area contributed by atoms with Gasteiger partial charge in [0, 0.05) is 13.2 Å². The van der Waals surface area contributed by atoms with Crippen molar-refractivity contribution in [1.82, 2.24) is 5.32 Å². The number of rotatable bonds is 17. The van der Waals surface area contributed by atoms with E-state index in [0.717, 1.165) is 38.5 Å². The van der Waals surface area contributed by atoms with Gasteiger partial charge in [-0.2, -0.15) is 0 Å². The highest BCUT2D eigenvalue weighted by molar-refractivity contribution is 4.55. The Bertz CT molecular complexity index is 210. The summed E-state index contributed by atoms with van der Waals surface area (Å²) in [4.78, 5) is 0. The van der Waals surface area contributed by atoms with Gasteiger partial charge < -0.3 is 15.8 Å². The molecular weight excluding hydrogens is 272 g/mol. The standard InChI is InChI=1S/C19H42N2O/c1-4-19(20)21-15-13-17-22-16-12-10-8-6-5-7-9-11-14-18(2)3/h18-19,21H,4-17,20H2,1-3H3. The van der Waals surface area contributed by atoms with E-state index in [0.29, 0.717) is 0 Å². The van der Waals surface area contributed by atoms with E-state index in [2.05, 4.69) is 26.1 Å². The lowest BCUT2D eigenvalue weighted by molar-refractivity contribution is 0.127. The summed E-state index contributed by atoms with van der Waals surface area (Å²) in [6.07, 6.45) is 14.6. The Kier molecular flexibility index (Phi) is 17.1. The second-order valence-corrected chi connectivity index (χ2v) is 6.95. The molecule has 134 valence electrons. The van der Waals surface area contributed by atoms with E-state index in [1.54, 1.807) is 0 Å². The van der Waals surface area contributed by atoms with Crippen molar-refractivity contribution in [3.05, 3.63) is 0 Å². The Balaban J connectivity index is 3.00. The first-order chi connectivity index (χ1) is 10.7. The van der Waals surface area contributed by atoms with Gasteiger partial charge in [-0.05, 0) is 31.7 Å². The van der Waals surface area contributed by atoms with Gasteiger partial charge in [-0.1, -0.05) is 72.1 Å². The molecule has 0 aromatic rings. The van der Waals surface area contributed by atoms with Gasteiger partial charge in [0.15, 0.2) is 0 Å². The Morgan fingerprint density at radius 2 is 1.36 bits per heavy atom. The number of nitrogens with one attached hydrogen (secondary N) is 1. The maximum absolute atomic E-state index is 5.78. The van der Waals surface area contributed by atoms with Crippen LogP contribution < -0.4 is 11.1 Å². The lowest BCUT2D eigenvalue weighted by atomic mass is 10.0. The third-order valence-corrected chi connectivity index (χ3v) is 4.13. The number of hydrogen-bond acceptors (Lipinski definition) is 3. The molecule has 1 atom stereocenters. The van der Waals surface area contributed by atoms with E-state index in [1.165, 1.54) is 57.8 Å². The van der Waals surface area contributed by atoms with Crippen LogP contribution in [0.4, 0.5) is 0 Å². The monoisotopic (exact) mass is 314 g/mol. The summed E-state index contributed by atoms with van der Waals surface area (Å²) in [5.41, 5.74) is 5.78.